The normalized spacial score (nSPS) is 18.1. The molecule has 0 unspecified atom stereocenters. The zero-order chi connectivity index (χ0) is 25.5. The number of nitrogens with zero attached hydrogens (tertiary/aromatic N) is 7. The lowest BCUT2D eigenvalue weighted by Gasteiger charge is -2.37. The van der Waals surface area contributed by atoms with Crippen LogP contribution in [0.25, 0.3) is 40.5 Å². The standard InChI is InChI=1S/C27H32N10/c1-17(23-11-30-14-26(32-23)37-15-19(28)16-37)4-5-21-18(2)27(34-33-21)22-10-20-24(31-22)12-29-13-25(20)36-8-6-35(3)7-9-36/h4-5,10-14,19,31,33H,2,6-9,15-16,28H2,1,3H3/b17-4+,21-5+. The minimum atomic E-state index is 0.215. The Hall–Kier alpha value is -4.02. The smallest absolute Gasteiger partial charge is 0.147 e. The van der Waals surface area contributed by atoms with E-state index in [4.69, 9.17) is 10.7 Å². The third kappa shape index (κ3) is 4.49. The third-order valence-corrected chi connectivity index (χ3v) is 7.28. The second-order valence-electron chi connectivity index (χ2n) is 10.0. The molecule has 10 nitrogen and oxygen atoms in total. The molecule has 2 aliphatic rings. The van der Waals surface area contributed by atoms with Gasteiger partial charge in [-0.05, 0) is 31.7 Å². The highest BCUT2D eigenvalue weighted by atomic mass is 15.3. The predicted octanol–water partition coefficient (Wildman–Crippen LogP) is 0.936. The Balaban J connectivity index is 1.27. The highest BCUT2D eigenvalue weighted by Gasteiger charge is 2.24. The molecule has 0 saturated carbocycles. The van der Waals surface area contributed by atoms with E-state index < -0.39 is 0 Å². The Bertz CT molecular complexity index is 1570. The molecule has 0 amide bonds. The monoisotopic (exact) mass is 496 g/mol. The maximum Gasteiger partial charge on any atom is 0.147 e. The number of likely N-dealkylation sites (N-methyl/N-ethyl adjacent to an activating group) is 1. The molecule has 2 saturated heterocycles. The molecule has 0 aromatic carbocycles. The van der Waals surface area contributed by atoms with Gasteiger partial charge in [-0.2, -0.15) is 5.10 Å². The van der Waals surface area contributed by atoms with Crippen LogP contribution in [-0.2, 0) is 0 Å². The van der Waals surface area contributed by atoms with Crippen molar-refractivity contribution in [3.05, 3.63) is 53.2 Å². The van der Waals surface area contributed by atoms with E-state index in [-0.39, 0.29) is 6.04 Å². The van der Waals surface area contributed by atoms with Crippen molar-refractivity contribution in [2.45, 2.75) is 13.0 Å². The van der Waals surface area contributed by atoms with Gasteiger partial charge in [-0.1, -0.05) is 12.7 Å². The molecule has 0 radical (unpaired) electrons. The topological polar surface area (TPSA) is 119 Å². The van der Waals surface area contributed by atoms with Crippen LogP contribution in [0.5, 0.6) is 0 Å². The van der Waals surface area contributed by atoms with Crippen LogP contribution in [-0.4, -0.2) is 87.4 Å². The molecule has 4 aromatic heterocycles. The summed E-state index contributed by atoms with van der Waals surface area (Å²) < 4.78 is 0. The Labute approximate surface area is 215 Å². The number of fused-ring (bicyclic) bond motifs is 1. The third-order valence-electron chi connectivity index (χ3n) is 7.28. The molecule has 0 spiro atoms. The number of rotatable bonds is 5. The van der Waals surface area contributed by atoms with E-state index in [0.717, 1.165) is 94.9 Å². The van der Waals surface area contributed by atoms with Crippen LogP contribution in [0.4, 0.5) is 11.5 Å². The van der Waals surface area contributed by atoms with Gasteiger partial charge in [-0.3, -0.25) is 15.1 Å². The van der Waals surface area contributed by atoms with Crippen LogP contribution in [0, 0.1) is 0 Å². The molecule has 2 aliphatic heterocycles. The summed E-state index contributed by atoms with van der Waals surface area (Å²) in [5, 5.41) is 10.6. The first-order valence-corrected chi connectivity index (χ1v) is 12.6. The van der Waals surface area contributed by atoms with Crippen LogP contribution < -0.4 is 26.1 Å². The van der Waals surface area contributed by atoms with Crippen LogP contribution in [0.2, 0.25) is 0 Å². The zero-order valence-electron chi connectivity index (χ0n) is 21.3. The van der Waals surface area contributed by atoms with Gasteiger partial charge in [0.2, 0.25) is 0 Å². The molecule has 4 N–H and O–H groups in total. The molecule has 4 aromatic rings. The number of hydrogen-bond acceptors (Lipinski definition) is 8. The number of anilines is 2. The van der Waals surface area contributed by atoms with E-state index in [2.05, 4.69) is 59.5 Å². The largest absolute Gasteiger partial charge is 0.367 e. The summed E-state index contributed by atoms with van der Waals surface area (Å²) in [4.78, 5) is 24.0. The van der Waals surface area contributed by atoms with Crippen molar-refractivity contribution in [2.75, 3.05) is 56.1 Å². The van der Waals surface area contributed by atoms with Crippen LogP contribution in [0.1, 0.15) is 12.6 Å². The molecule has 37 heavy (non-hydrogen) atoms. The van der Waals surface area contributed by atoms with Gasteiger partial charge in [-0.15, -0.1) is 0 Å². The first-order chi connectivity index (χ1) is 18.0. The number of allylic oxidation sites excluding steroid dienone is 2. The number of nitrogens with two attached hydrogens (primary N) is 1. The van der Waals surface area contributed by atoms with E-state index in [9.17, 15) is 0 Å². The Kier molecular flexibility index (Phi) is 5.97. The number of aromatic amines is 2. The lowest BCUT2D eigenvalue weighted by molar-refractivity contribution is 0.313. The van der Waals surface area contributed by atoms with Gasteiger partial charge >= 0.3 is 0 Å². The second-order valence-corrected chi connectivity index (χ2v) is 10.0. The van der Waals surface area contributed by atoms with Crippen LogP contribution >= 0.6 is 0 Å². The van der Waals surface area contributed by atoms with Gasteiger partial charge in [0.15, 0.2) is 0 Å². The van der Waals surface area contributed by atoms with E-state index in [0.29, 0.717) is 0 Å². The molecule has 6 rings (SSSR count). The summed E-state index contributed by atoms with van der Waals surface area (Å²) >= 11 is 0. The van der Waals surface area contributed by atoms with Gasteiger partial charge in [0.25, 0.3) is 0 Å². The molecular weight excluding hydrogens is 464 g/mol. The van der Waals surface area contributed by atoms with Gasteiger partial charge in [0, 0.05) is 55.9 Å². The van der Waals surface area contributed by atoms with Gasteiger partial charge in [-0.25, -0.2) is 4.98 Å². The fourth-order valence-corrected chi connectivity index (χ4v) is 4.89. The minimum Gasteiger partial charge on any atom is -0.367 e. The van der Waals surface area contributed by atoms with Crippen molar-refractivity contribution < 1.29 is 0 Å². The number of nitrogens with one attached hydrogen (secondary N) is 2. The van der Waals surface area contributed by atoms with Crippen molar-refractivity contribution in [3.8, 4) is 11.4 Å². The average molecular weight is 497 g/mol. The molecule has 2 fully saturated rings. The number of H-pyrrole nitrogens is 2. The Morgan fingerprint density at radius 2 is 1.86 bits per heavy atom. The first-order valence-electron chi connectivity index (χ1n) is 12.6. The Morgan fingerprint density at radius 1 is 1.08 bits per heavy atom. The number of hydrogen-bond donors (Lipinski definition) is 3. The highest BCUT2D eigenvalue weighted by Crippen LogP contribution is 2.29. The highest BCUT2D eigenvalue weighted by molar-refractivity contribution is 5.95. The minimum absolute atomic E-state index is 0.215. The van der Waals surface area contributed by atoms with E-state index in [1.165, 1.54) is 0 Å². The molecule has 0 bridgehead atoms. The van der Waals surface area contributed by atoms with Gasteiger partial charge in [0.05, 0.1) is 52.7 Å². The van der Waals surface area contributed by atoms with Crippen molar-refractivity contribution >= 4 is 40.6 Å². The number of pyridine rings is 1. The molecular formula is C27H32N10. The first kappa shape index (κ1) is 23.4. The summed E-state index contributed by atoms with van der Waals surface area (Å²) in [6.45, 7) is 12.0. The predicted molar refractivity (Wildman–Crippen MR) is 148 cm³/mol. The number of aromatic nitrogens is 6. The van der Waals surface area contributed by atoms with Crippen LogP contribution in [0.3, 0.4) is 0 Å². The molecule has 0 aliphatic carbocycles. The summed E-state index contributed by atoms with van der Waals surface area (Å²) in [7, 11) is 2.16. The van der Waals surface area contributed by atoms with E-state index in [1.807, 2.05) is 31.5 Å². The SMILES string of the molecule is C=c1c(-c2cc3c(N4CCN(C)CC4)cncc3[nH]2)n[nH]/c1=C/C=C(\C)c1cncc(N2CC(N)C2)n1. The van der Waals surface area contributed by atoms with Crippen molar-refractivity contribution in [3.63, 3.8) is 0 Å². The summed E-state index contributed by atoms with van der Waals surface area (Å²) in [5.74, 6) is 0.859. The number of piperazine rings is 1. The summed E-state index contributed by atoms with van der Waals surface area (Å²) in [6, 6.07) is 2.37. The fraction of sp³-hybridized carbons (Fsp3) is 0.333. The average Bonchev–Trinajstić information content (AvgIpc) is 3.49. The molecule has 6 heterocycles. The van der Waals surface area contributed by atoms with E-state index in [1.54, 1.807) is 12.4 Å². The lowest BCUT2D eigenvalue weighted by Crippen LogP contribution is -2.56. The fourth-order valence-electron chi connectivity index (χ4n) is 4.89. The van der Waals surface area contributed by atoms with Gasteiger partial charge in [0.1, 0.15) is 11.5 Å². The van der Waals surface area contributed by atoms with Crippen molar-refractivity contribution in [1.29, 1.82) is 0 Å². The molecule has 0 atom stereocenters. The zero-order valence-corrected chi connectivity index (χ0v) is 21.3. The molecule has 10 heteroatoms. The summed E-state index contributed by atoms with van der Waals surface area (Å²) in [5.41, 5.74) is 11.6. The Morgan fingerprint density at radius 3 is 2.65 bits per heavy atom. The molecule has 190 valence electrons. The van der Waals surface area contributed by atoms with Crippen molar-refractivity contribution in [2.24, 2.45) is 5.73 Å². The lowest BCUT2D eigenvalue weighted by atomic mass is 10.1. The van der Waals surface area contributed by atoms with E-state index >= 15 is 0 Å². The van der Waals surface area contributed by atoms with Gasteiger partial charge < -0.3 is 25.4 Å². The summed E-state index contributed by atoms with van der Waals surface area (Å²) in [6.07, 6.45) is 11.4. The maximum atomic E-state index is 5.91. The maximum absolute atomic E-state index is 5.91. The quantitative estimate of drug-likeness (QED) is 0.374. The second kappa shape index (κ2) is 9.45. The van der Waals surface area contributed by atoms with Crippen molar-refractivity contribution in [1.82, 2.24) is 35.0 Å². The van der Waals surface area contributed by atoms with Crippen LogP contribution in [0.15, 0.2) is 36.9 Å².